The maximum absolute atomic E-state index is 12.1. The Balaban J connectivity index is 2.27. The number of para-hydroxylation sites is 1. The molecule has 0 radical (unpaired) electrons. The average molecular weight is 336 g/mol. The molecule has 1 aromatic heterocycles. The molecule has 2 rings (SSSR count). The molecule has 1 atom stereocenters. The number of nitrogens with zero attached hydrogens (tertiary/aromatic N) is 2. The molecule has 1 heterocycles. The van der Waals surface area contributed by atoms with Gasteiger partial charge >= 0.3 is 0 Å². The van der Waals surface area contributed by atoms with Crippen LogP contribution in [0.25, 0.3) is 5.69 Å². The molecule has 0 bridgehead atoms. The number of rotatable bonds is 4. The molecule has 0 saturated heterocycles. The summed E-state index contributed by atoms with van der Waals surface area (Å²) in [4.78, 5) is 11.9. The number of benzene rings is 1. The van der Waals surface area contributed by atoms with Crippen molar-refractivity contribution in [1.29, 1.82) is 0 Å². The van der Waals surface area contributed by atoms with E-state index < -0.39 is 0 Å². The monoisotopic (exact) mass is 335 g/mol. The second kappa shape index (κ2) is 6.22. The van der Waals surface area contributed by atoms with Crippen molar-refractivity contribution in [3.63, 3.8) is 0 Å². The third-order valence-electron chi connectivity index (χ3n) is 2.92. The molecule has 0 aliphatic heterocycles. The first-order valence-electron chi connectivity index (χ1n) is 6.56. The van der Waals surface area contributed by atoms with Crippen molar-refractivity contribution in [2.45, 2.75) is 25.6 Å². The standard InChI is InChI=1S/C15H18BrN3O/c1-10(2)14(16)15(20)17-13-9-11(3)18-19(13)12-7-5-4-6-8-12/h4-10,14H,1-3H3,(H,17,20). The number of alkyl halides is 1. The molecular weight excluding hydrogens is 318 g/mol. The maximum atomic E-state index is 12.1. The van der Waals surface area contributed by atoms with Crippen LogP contribution >= 0.6 is 15.9 Å². The molecule has 0 spiro atoms. The molecule has 4 nitrogen and oxygen atoms in total. The Labute approximate surface area is 127 Å². The molecule has 20 heavy (non-hydrogen) atoms. The summed E-state index contributed by atoms with van der Waals surface area (Å²) < 4.78 is 1.74. The summed E-state index contributed by atoms with van der Waals surface area (Å²) in [5, 5.41) is 7.35. The lowest BCUT2D eigenvalue weighted by atomic mass is 10.1. The number of carbonyl (C=O) groups is 1. The molecule has 5 heteroatoms. The van der Waals surface area contributed by atoms with Crippen LogP contribution in [0.3, 0.4) is 0 Å². The second-order valence-corrected chi connectivity index (χ2v) is 6.04. The first-order chi connectivity index (χ1) is 9.49. The maximum Gasteiger partial charge on any atom is 0.239 e. The van der Waals surface area contributed by atoms with E-state index in [-0.39, 0.29) is 16.7 Å². The van der Waals surface area contributed by atoms with Gasteiger partial charge in [0.25, 0.3) is 0 Å². The molecule has 2 aromatic rings. The van der Waals surface area contributed by atoms with Crippen molar-refractivity contribution in [3.8, 4) is 5.69 Å². The lowest BCUT2D eigenvalue weighted by Gasteiger charge is -2.14. The van der Waals surface area contributed by atoms with Gasteiger partial charge in [-0.1, -0.05) is 48.0 Å². The predicted molar refractivity (Wildman–Crippen MR) is 84.5 cm³/mol. The van der Waals surface area contributed by atoms with E-state index in [0.29, 0.717) is 5.82 Å². The van der Waals surface area contributed by atoms with E-state index in [1.807, 2.05) is 57.2 Å². The minimum atomic E-state index is -0.220. The number of aryl methyl sites for hydroxylation is 1. The SMILES string of the molecule is Cc1cc(NC(=O)C(Br)C(C)C)n(-c2ccccc2)n1. The van der Waals surface area contributed by atoms with Gasteiger partial charge in [-0.2, -0.15) is 5.10 Å². The summed E-state index contributed by atoms with van der Waals surface area (Å²) >= 11 is 3.41. The van der Waals surface area contributed by atoms with E-state index in [1.54, 1.807) is 4.68 Å². The Morgan fingerprint density at radius 2 is 1.95 bits per heavy atom. The van der Waals surface area contributed by atoms with Gasteiger partial charge in [-0.15, -0.1) is 0 Å². The van der Waals surface area contributed by atoms with Crippen molar-refractivity contribution in [2.75, 3.05) is 5.32 Å². The second-order valence-electron chi connectivity index (χ2n) is 5.05. The van der Waals surface area contributed by atoms with E-state index >= 15 is 0 Å². The zero-order valence-electron chi connectivity index (χ0n) is 11.8. The molecule has 0 aliphatic carbocycles. The van der Waals surface area contributed by atoms with E-state index in [0.717, 1.165) is 11.4 Å². The highest BCUT2D eigenvalue weighted by molar-refractivity contribution is 9.10. The van der Waals surface area contributed by atoms with Gasteiger partial charge in [-0.05, 0) is 25.0 Å². The van der Waals surface area contributed by atoms with Crippen molar-refractivity contribution in [2.24, 2.45) is 5.92 Å². The first-order valence-corrected chi connectivity index (χ1v) is 7.47. The van der Waals surface area contributed by atoms with E-state index in [4.69, 9.17) is 0 Å². The molecule has 106 valence electrons. The van der Waals surface area contributed by atoms with Gasteiger partial charge < -0.3 is 5.32 Å². The Kier molecular flexibility index (Phi) is 4.60. The molecule has 1 amide bonds. The van der Waals surface area contributed by atoms with E-state index in [9.17, 15) is 4.79 Å². The number of halogens is 1. The Morgan fingerprint density at radius 1 is 1.30 bits per heavy atom. The number of amides is 1. The van der Waals surface area contributed by atoms with Crippen molar-refractivity contribution >= 4 is 27.7 Å². The van der Waals surface area contributed by atoms with Crippen LogP contribution in [0.1, 0.15) is 19.5 Å². The summed E-state index contributed by atoms with van der Waals surface area (Å²) in [5.41, 5.74) is 1.78. The van der Waals surface area contributed by atoms with Crippen LogP contribution in [-0.4, -0.2) is 20.5 Å². The molecule has 0 fully saturated rings. The highest BCUT2D eigenvalue weighted by Gasteiger charge is 2.20. The molecule has 1 aromatic carbocycles. The Bertz CT molecular complexity index is 592. The number of carbonyl (C=O) groups excluding carboxylic acids is 1. The van der Waals surface area contributed by atoms with E-state index in [1.165, 1.54) is 0 Å². The van der Waals surface area contributed by atoms with Crippen LogP contribution in [0.15, 0.2) is 36.4 Å². The van der Waals surface area contributed by atoms with Crippen LogP contribution in [0, 0.1) is 12.8 Å². The fourth-order valence-corrected chi connectivity index (χ4v) is 1.97. The summed E-state index contributed by atoms with van der Waals surface area (Å²) in [6, 6.07) is 11.6. The van der Waals surface area contributed by atoms with Gasteiger partial charge in [0.2, 0.25) is 5.91 Å². The Hall–Kier alpha value is -1.62. The number of hydrogen-bond acceptors (Lipinski definition) is 2. The number of hydrogen-bond donors (Lipinski definition) is 1. The average Bonchev–Trinajstić information content (AvgIpc) is 2.79. The van der Waals surface area contributed by atoms with Gasteiger partial charge in [0, 0.05) is 6.07 Å². The lowest BCUT2D eigenvalue weighted by Crippen LogP contribution is -2.28. The van der Waals surface area contributed by atoms with Gasteiger partial charge in [0.15, 0.2) is 0 Å². The number of nitrogens with one attached hydrogen (secondary N) is 1. The third-order valence-corrected chi connectivity index (χ3v) is 4.39. The van der Waals surface area contributed by atoms with Crippen LogP contribution in [-0.2, 0) is 4.79 Å². The van der Waals surface area contributed by atoms with Gasteiger partial charge in [0.1, 0.15) is 5.82 Å². The normalized spacial score (nSPS) is 12.4. The van der Waals surface area contributed by atoms with Crippen molar-refractivity contribution < 1.29 is 4.79 Å². The fourth-order valence-electron chi connectivity index (χ4n) is 1.85. The molecule has 1 unspecified atom stereocenters. The predicted octanol–water partition coefficient (Wildman–Crippen LogP) is 3.54. The third kappa shape index (κ3) is 3.28. The van der Waals surface area contributed by atoms with Gasteiger partial charge in [0.05, 0.1) is 16.2 Å². The first kappa shape index (κ1) is 14.8. The molecule has 0 aliphatic rings. The van der Waals surface area contributed by atoms with Crippen LogP contribution in [0.5, 0.6) is 0 Å². The van der Waals surface area contributed by atoms with Crippen LogP contribution in [0.2, 0.25) is 0 Å². The summed E-state index contributed by atoms with van der Waals surface area (Å²) in [7, 11) is 0. The quantitative estimate of drug-likeness (QED) is 0.868. The smallest absolute Gasteiger partial charge is 0.239 e. The summed E-state index contributed by atoms with van der Waals surface area (Å²) in [6.45, 7) is 5.90. The minimum Gasteiger partial charge on any atom is -0.310 e. The lowest BCUT2D eigenvalue weighted by molar-refractivity contribution is -0.116. The van der Waals surface area contributed by atoms with Crippen molar-refractivity contribution in [3.05, 3.63) is 42.1 Å². The highest BCUT2D eigenvalue weighted by atomic mass is 79.9. The fraction of sp³-hybridized carbons (Fsp3) is 0.333. The molecule has 0 saturated carbocycles. The highest BCUT2D eigenvalue weighted by Crippen LogP contribution is 2.19. The van der Waals surface area contributed by atoms with Gasteiger partial charge in [-0.25, -0.2) is 4.68 Å². The zero-order valence-corrected chi connectivity index (χ0v) is 13.4. The summed E-state index contributed by atoms with van der Waals surface area (Å²) in [5.74, 6) is 0.852. The van der Waals surface area contributed by atoms with Crippen LogP contribution in [0.4, 0.5) is 5.82 Å². The topological polar surface area (TPSA) is 46.9 Å². The van der Waals surface area contributed by atoms with Crippen molar-refractivity contribution in [1.82, 2.24) is 9.78 Å². The van der Waals surface area contributed by atoms with Gasteiger partial charge in [-0.3, -0.25) is 4.79 Å². The zero-order chi connectivity index (χ0) is 14.7. The molecule has 1 N–H and O–H groups in total. The van der Waals surface area contributed by atoms with Crippen LogP contribution < -0.4 is 5.32 Å². The number of anilines is 1. The van der Waals surface area contributed by atoms with E-state index in [2.05, 4.69) is 26.3 Å². The largest absolute Gasteiger partial charge is 0.310 e. The Morgan fingerprint density at radius 3 is 2.55 bits per heavy atom. The molecular formula is C15H18BrN3O. The minimum absolute atomic E-state index is 0.0583. The summed E-state index contributed by atoms with van der Waals surface area (Å²) in [6.07, 6.45) is 0. The number of aromatic nitrogens is 2.